The van der Waals surface area contributed by atoms with Crippen LogP contribution in [0.15, 0.2) is 57.0 Å². The first-order valence-corrected chi connectivity index (χ1v) is 6.48. The summed E-state index contributed by atoms with van der Waals surface area (Å²) in [6.07, 6.45) is 1.79. The SMILES string of the molecule is NCc1ccc(Br)cc1Sc1ccccn1. The molecule has 0 unspecified atom stereocenters. The van der Waals surface area contributed by atoms with Crippen LogP contribution in [0.2, 0.25) is 0 Å². The van der Waals surface area contributed by atoms with Crippen molar-refractivity contribution in [2.24, 2.45) is 5.73 Å². The first kappa shape index (κ1) is 11.6. The van der Waals surface area contributed by atoms with E-state index in [2.05, 4.69) is 27.0 Å². The Kier molecular flexibility index (Phi) is 3.98. The molecule has 1 aromatic carbocycles. The van der Waals surface area contributed by atoms with Crippen LogP contribution in [0.5, 0.6) is 0 Å². The van der Waals surface area contributed by atoms with Gasteiger partial charge in [0.1, 0.15) is 5.03 Å². The van der Waals surface area contributed by atoms with Crippen LogP contribution in [-0.2, 0) is 6.54 Å². The van der Waals surface area contributed by atoms with Crippen LogP contribution >= 0.6 is 27.7 Å². The third kappa shape index (κ3) is 2.84. The number of halogens is 1. The molecule has 2 rings (SSSR count). The zero-order valence-electron chi connectivity index (χ0n) is 8.56. The van der Waals surface area contributed by atoms with Crippen molar-refractivity contribution in [2.45, 2.75) is 16.5 Å². The number of pyridine rings is 1. The quantitative estimate of drug-likeness (QED) is 0.942. The number of benzene rings is 1. The molecule has 2 N–H and O–H groups in total. The summed E-state index contributed by atoms with van der Waals surface area (Å²) in [5, 5.41) is 0.982. The van der Waals surface area contributed by atoms with E-state index in [0.29, 0.717) is 6.54 Å². The highest BCUT2D eigenvalue weighted by Crippen LogP contribution is 2.31. The molecule has 0 radical (unpaired) electrons. The minimum atomic E-state index is 0.544. The Hall–Kier alpha value is -0.840. The molecule has 0 aliphatic heterocycles. The normalized spacial score (nSPS) is 10.4. The number of nitrogens with zero attached hydrogens (tertiary/aromatic N) is 1. The van der Waals surface area contributed by atoms with Crippen LogP contribution < -0.4 is 5.73 Å². The molecule has 4 heteroatoms. The van der Waals surface area contributed by atoms with E-state index in [0.717, 1.165) is 20.0 Å². The van der Waals surface area contributed by atoms with Gasteiger partial charge in [-0.25, -0.2) is 4.98 Å². The van der Waals surface area contributed by atoms with Crippen LogP contribution in [0.25, 0.3) is 0 Å². The number of hydrogen-bond donors (Lipinski definition) is 1. The monoisotopic (exact) mass is 294 g/mol. The number of rotatable bonds is 3. The molecule has 82 valence electrons. The Bertz CT molecular complexity index is 474. The molecule has 1 aromatic heterocycles. The smallest absolute Gasteiger partial charge is 0.101 e. The topological polar surface area (TPSA) is 38.9 Å². The minimum absolute atomic E-state index is 0.544. The highest BCUT2D eigenvalue weighted by Gasteiger charge is 2.04. The Morgan fingerprint density at radius 2 is 2.12 bits per heavy atom. The van der Waals surface area contributed by atoms with Crippen molar-refractivity contribution in [1.82, 2.24) is 4.98 Å². The predicted molar refractivity (Wildman–Crippen MR) is 70.4 cm³/mol. The molecule has 0 bridgehead atoms. The van der Waals surface area contributed by atoms with Gasteiger partial charge in [-0.3, -0.25) is 0 Å². The van der Waals surface area contributed by atoms with E-state index >= 15 is 0 Å². The van der Waals surface area contributed by atoms with Gasteiger partial charge in [0.2, 0.25) is 0 Å². The fraction of sp³-hybridized carbons (Fsp3) is 0.0833. The van der Waals surface area contributed by atoms with Gasteiger partial charge < -0.3 is 5.73 Å². The molecular weight excluding hydrogens is 284 g/mol. The van der Waals surface area contributed by atoms with Crippen molar-refractivity contribution in [1.29, 1.82) is 0 Å². The molecule has 0 amide bonds. The maximum absolute atomic E-state index is 5.71. The van der Waals surface area contributed by atoms with Gasteiger partial charge in [-0.2, -0.15) is 0 Å². The van der Waals surface area contributed by atoms with Crippen LogP contribution in [0.3, 0.4) is 0 Å². The van der Waals surface area contributed by atoms with Gasteiger partial charge in [0.25, 0.3) is 0 Å². The van der Waals surface area contributed by atoms with Gasteiger partial charge in [-0.05, 0) is 29.8 Å². The van der Waals surface area contributed by atoms with E-state index in [-0.39, 0.29) is 0 Å². The van der Waals surface area contributed by atoms with Crippen molar-refractivity contribution >= 4 is 27.7 Å². The standard InChI is InChI=1S/C12H11BrN2S/c13-10-5-4-9(8-14)11(7-10)16-12-3-1-2-6-15-12/h1-7H,8,14H2. The lowest BCUT2D eigenvalue weighted by atomic mass is 10.2. The van der Waals surface area contributed by atoms with Gasteiger partial charge in [0.05, 0.1) is 0 Å². The summed E-state index contributed by atoms with van der Waals surface area (Å²) < 4.78 is 1.06. The van der Waals surface area contributed by atoms with Gasteiger partial charge in [-0.1, -0.05) is 39.8 Å². The molecule has 0 aliphatic carbocycles. The lowest BCUT2D eigenvalue weighted by molar-refractivity contribution is 1.02. The maximum atomic E-state index is 5.71. The highest BCUT2D eigenvalue weighted by atomic mass is 79.9. The number of nitrogens with two attached hydrogens (primary N) is 1. The van der Waals surface area contributed by atoms with Gasteiger partial charge in [-0.15, -0.1) is 0 Å². The summed E-state index contributed by atoms with van der Waals surface area (Å²) in [4.78, 5) is 5.43. The minimum Gasteiger partial charge on any atom is -0.326 e. The van der Waals surface area contributed by atoms with Gasteiger partial charge in [0.15, 0.2) is 0 Å². The summed E-state index contributed by atoms with van der Waals surface area (Å²) in [5.41, 5.74) is 6.84. The predicted octanol–water partition coefficient (Wildman–Crippen LogP) is 3.45. The van der Waals surface area contributed by atoms with Crippen LogP contribution in [0.1, 0.15) is 5.56 Å². The molecule has 0 saturated carbocycles. The first-order chi connectivity index (χ1) is 7.79. The van der Waals surface area contributed by atoms with Crippen molar-refractivity contribution in [3.8, 4) is 0 Å². The van der Waals surface area contributed by atoms with Gasteiger partial charge in [0, 0.05) is 22.1 Å². The summed E-state index contributed by atoms with van der Waals surface area (Å²) in [6.45, 7) is 0.544. The molecule has 2 aromatic rings. The molecule has 16 heavy (non-hydrogen) atoms. The van der Waals surface area contributed by atoms with Crippen molar-refractivity contribution < 1.29 is 0 Å². The Labute approximate surface area is 107 Å². The third-order valence-corrected chi connectivity index (χ3v) is 3.65. The van der Waals surface area contributed by atoms with Crippen LogP contribution in [0, 0.1) is 0 Å². The van der Waals surface area contributed by atoms with Gasteiger partial charge >= 0.3 is 0 Å². The average molecular weight is 295 g/mol. The molecule has 0 saturated heterocycles. The number of hydrogen-bond acceptors (Lipinski definition) is 3. The fourth-order valence-corrected chi connectivity index (χ4v) is 2.78. The molecule has 0 spiro atoms. The average Bonchev–Trinajstić information content (AvgIpc) is 2.31. The Morgan fingerprint density at radius 3 is 2.81 bits per heavy atom. The molecule has 0 aliphatic rings. The van der Waals surface area contributed by atoms with Crippen molar-refractivity contribution in [2.75, 3.05) is 0 Å². The Morgan fingerprint density at radius 1 is 1.25 bits per heavy atom. The lowest BCUT2D eigenvalue weighted by Gasteiger charge is -2.07. The zero-order valence-corrected chi connectivity index (χ0v) is 11.0. The zero-order chi connectivity index (χ0) is 11.4. The van der Waals surface area contributed by atoms with Crippen molar-refractivity contribution in [3.05, 3.63) is 52.6 Å². The largest absolute Gasteiger partial charge is 0.326 e. The summed E-state index contributed by atoms with van der Waals surface area (Å²) >= 11 is 5.10. The van der Waals surface area contributed by atoms with E-state index in [9.17, 15) is 0 Å². The Balaban J connectivity index is 2.30. The van der Waals surface area contributed by atoms with Crippen LogP contribution in [0.4, 0.5) is 0 Å². The van der Waals surface area contributed by atoms with E-state index in [1.807, 2.05) is 30.3 Å². The number of aromatic nitrogens is 1. The first-order valence-electron chi connectivity index (χ1n) is 4.87. The van der Waals surface area contributed by atoms with Crippen LogP contribution in [-0.4, -0.2) is 4.98 Å². The molecule has 0 fully saturated rings. The molecule has 0 atom stereocenters. The third-order valence-electron chi connectivity index (χ3n) is 2.10. The summed E-state index contributed by atoms with van der Waals surface area (Å²) in [6, 6.07) is 12.0. The lowest BCUT2D eigenvalue weighted by Crippen LogP contribution is -1.98. The summed E-state index contributed by atoms with van der Waals surface area (Å²) in [7, 11) is 0. The maximum Gasteiger partial charge on any atom is 0.101 e. The van der Waals surface area contributed by atoms with E-state index in [1.165, 1.54) is 0 Å². The second-order valence-corrected chi connectivity index (χ2v) is 5.20. The van der Waals surface area contributed by atoms with Crippen molar-refractivity contribution in [3.63, 3.8) is 0 Å². The fourth-order valence-electron chi connectivity index (χ4n) is 1.31. The molecular formula is C12H11BrN2S. The van der Waals surface area contributed by atoms with E-state index in [1.54, 1.807) is 18.0 Å². The summed E-state index contributed by atoms with van der Waals surface area (Å²) in [5.74, 6) is 0. The molecule has 2 nitrogen and oxygen atoms in total. The highest BCUT2D eigenvalue weighted by molar-refractivity contribution is 9.10. The second-order valence-electron chi connectivity index (χ2n) is 3.23. The van der Waals surface area contributed by atoms with E-state index < -0.39 is 0 Å². The second kappa shape index (κ2) is 5.48. The molecule has 1 heterocycles. The van der Waals surface area contributed by atoms with E-state index in [4.69, 9.17) is 5.73 Å².